The van der Waals surface area contributed by atoms with Crippen molar-refractivity contribution in [1.82, 2.24) is 5.32 Å². The van der Waals surface area contributed by atoms with E-state index in [1.165, 1.54) is 0 Å². The van der Waals surface area contributed by atoms with E-state index >= 15 is 0 Å². The first-order chi connectivity index (χ1) is 5.33. The molecule has 1 aliphatic carbocycles. The van der Waals surface area contributed by atoms with Gasteiger partial charge in [-0.25, -0.2) is 0 Å². The molecule has 60 valence electrons. The van der Waals surface area contributed by atoms with Crippen molar-refractivity contribution in [3.63, 3.8) is 0 Å². The number of rotatable bonds is 3. The predicted octanol–water partition coefficient (Wildman–Crippen LogP) is 1.07. The molecule has 0 aromatic rings. The van der Waals surface area contributed by atoms with E-state index in [0.29, 0.717) is 18.9 Å². The van der Waals surface area contributed by atoms with Gasteiger partial charge in [-0.3, -0.25) is 4.79 Å². The second kappa shape index (κ2) is 4.02. The molecule has 0 aromatic carbocycles. The molecule has 0 aliphatic heterocycles. The average molecular weight is 151 g/mol. The van der Waals surface area contributed by atoms with Crippen molar-refractivity contribution in [2.45, 2.75) is 38.6 Å². The highest BCUT2D eigenvalue weighted by molar-refractivity contribution is 5.76. The monoisotopic (exact) mass is 151 g/mol. The van der Waals surface area contributed by atoms with Crippen molar-refractivity contribution in [1.29, 1.82) is 0 Å². The summed E-state index contributed by atoms with van der Waals surface area (Å²) in [5, 5.41) is 2.91. The second-order valence-corrected chi connectivity index (χ2v) is 2.77. The summed E-state index contributed by atoms with van der Waals surface area (Å²) in [5.74, 6) is 5.77. The molecule has 11 heavy (non-hydrogen) atoms. The molecular weight excluding hydrogens is 138 g/mol. The van der Waals surface area contributed by atoms with E-state index in [1.807, 2.05) is 0 Å². The third kappa shape index (κ3) is 3.67. The number of hydrogen-bond acceptors (Lipinski definition) is 1. The van der Waals surface area contributed by atoms with Crippen LogP contribution in [0.1, 0.15) is 32.6 Å². The van der Waals surface area contributed by atoms with Crippen LogP contribution in [0, 0.1) is 11.8 Å². The Bertz CT molecular complexity index is 195. The second-order valence-electron chi connectivity index (χ2n) is 2.77. The van der Waals surface area contributed by atoms with Crippen LogP contribution in [0.2, 0.25) is 0 Å². The van der Waals surface area contributed by atoms with E-state index in [4.69, 9.17) is 0 Å². The Hall–Kier alpha value is -0.970. The first-order valence-electron chi connectivity index (χ1n) is 4.02. The van der Waals surface area contributed by atoms with Gasteiger partial charge in [0.2, 0.25) is 5.91 Å². The minimum atomic E-state index is 0.148. The third-order valence-corrected chi connectivity index (χ3v) is 1.60. The largest absolute Gasteiger partial charge is 0.353 e. The minimum absolute atomic E-state index is 0.148. The van der Waals surface area contributed by atoms with Gasteiger partial charge in [-0.1, -0.05) is 0 Å². The van der Waals surface area contributed by atoms with Gasteiger partial charge in [0.25, 0.3) is 0 Å². The SMILES string of the molecule is CC#CCCC(=O)NC1CC1. The van der Waals surface area contributed by atoms with Gasteiger partial charge in [0.05, 0.1) is 0 Å². The van der Waals surface area contributed by atoms with E-state index in [-0.39, 0.29) is 5.91 Å². The van der Waals surface area contributed by atoms with Crippen molar-refractivity contribution < 1.29 is 4.79 Å². The lowest BCUT2D eigenvalue weighted by atomic mass is 10.3. The maximum absolute atomic E-state index is 11.0. The minimum Gasteiger partial charge on any atom is -0.353 e. The Morgan fingerprint density at radius 3 is 2.91 bits per heavy atom. The molecule has 2 nitrogen and oxygen atoms in total. The van der Waals surface area contributed by atoms with E-state index < -0.39 is 0 Å². The number of amides is 1. The molecule has 0 aromatic heterocycles. The van der Waals surface area contributed by atoms with Gasteiger partial charge in [0.1, 0.15) is 0 Å². The smallest absolute Gasteiger partial charge is 0.221 e. The maximum atomic E-state index is 11.0. The van der Waals surface area contributed by atoms with Gasteiger partial charge in [-0.15, -0.1) is 11.8 Å². The van der Waals surface area contributed by atoms with Gasteiger partial charge in [-0.2, -0.15) is 0 Å². The number of nitrogens with one attached hydrogen (secondary N) is 1. The van der Waals surface area contributed by atoms with Gasteiger partial charge < -0.3 is 5.32 Å². The van der Waals surface area contributed by atoms with Crippen LogP contribution in [0.4, 0.5) is 0 Å². The van der Waals surface area contributed by atoms with E-state index in [9.17, 15) is 4.79 Å². The quantitative estimate of drug-likeness (QED) is 0.600. The lowest BCUT2D eigenvalue weighted by molar-refractivity contribution is -0.121. The zero-order valence-electron chi connectivity index (χ0n) is 6.81. The molecule has 2 heteroatoms. The fourth-order valence-corrected chi connectivity index (χ4v) is 0.829. The Morgan fingerprint density at radius 2 is 2.36 bits per heavy atom. The van der Waals surface area contributed by atoms with Crippen LogP contribution >= 0.6 is 0 Å². The summed E-state index contributed by atoms with van der Waals surface area (Å²) in [5.41, 5.74) is 0. The summed E-state index contributed by atoms with van der Waals surface area (Å²) in [4.78, 5) is 11.0. The Balaban J connectivity index is 2.03. The highest BCUT2D eigenvalue weighted by Gasteiger charge is 2.22. The molecule has 0 spiro atoms. The summed E-state index contributed by atoms with van der Waals surface area (Å²) in [6.45, 7) is 1.79. The molecule has 0 unspecified atom stereocenters. The first-order valence-corrected chi connectivity index (χ1v) is 4.02. The van der Waals surface area contributed by atoms with Crippen LogP contribution in [0.25, 0.3) is 0 Å². The summed E-state index contributed by atoms with van der Waals surface area (Å²) in [7, 11) is 0. The molecule has 0 bridgehead atoms. The number of carbonyl (C=O) groups excluding carboxylic acids is 1. The van der Waals surface area contributed by atoms with Crippen molar-refractivity contribution in [2.24, 2.45) is 0 Å². The third-order valence-electron chi connectivity index (χ3n) is 1.60. The molecule has 1 amide bonds. The topological polar surface area (TPSA) is 29.1 Å². The van der Waals surface area contributed by atoms with Crippen LogP contribution in [0.5, 0.6) is 0 Å². The molecular formula is C9H13NO. The van der Waals surface area contributed by atoms with E-state index in [0.717, 1.165) is 12.8 Å². The van der Waals surface area contributed by atoms with Crippen molar-refractivity contribution in [3.8, 4) is 11.8 Å². The van der Waals surface area contributed by atoms with Crippen LogP contribution in [-0.2, 0) is 4.79 Å². The van der Waals surface area contributed by atoms with Crippen LogP contribution in [0.3, 0.4) is 0 Å². The van der Waals surface area contributed by atoms with Crippen LogP contribution < -0.4 is 5.32 Å². The molecule has 1 saturated carbocycles. The van der Waals surface area contributed by atoms with Crippen LogP contribution in [0.15, 0.2) is 0 Å². The van der Waals surface area contributed by atoms with Crippen molar-refractivity contribution in [3.05, 3.63) is 0 Å². The molecule has 0 atom stereocenters. The Morgan fingerprint density at radius 1 is 1.64 bits per heavy atom. The standard InChI is InChI=1S/C9H13NO/c1-2-3-4-5-9(11)10-8-6-7-8/h8H,4-7H2,1H3,(H,10,11). The average Bonchev–Trinajstić information content (AvgIpc) is 2.72. The molecule has 1 aliphatic rings. The predicted molar refractivity (Wildman–Crippen MR) is 43.8 cm³/mol. The van der Waals surface area contributed by atoms with E-state index in [1.54, 1.807) is 6.92 Å². The first kappa shape index (κ1) is 8.13. The highest BCUT2D eigenvalue weighted by Crippen LogP contribution is 2.18. The number of hydrogen-bond donors (Lipinski definition) is 1. The normalized spacial score (nSPS) is 15.0. The maximum Gasteiger partial charge on any atom is 0.221 e. The summed E-state index contributed by atoms with van der Waals surface area (Å²) < 4.78 is 0. The van der Waals surface area contributed by atoms with E-state index in [2.05, 4.69) is 17.2 Å². The fourth-order valence-electron chi connectivity index (χ4n) is 0.829. The lowest BCUT2D eigenvalue weighted by Crippen LogP contribution is -2.24. The van der Waals surface area contributed by atoms with Gasteiger partial charge in [-0.05, 0) is 19.8 Å². The Labute approximate surface area is 67.4 Å². The summed E-state index contributed by atoms with van der Waals surface area (Å²) in [6, 6.07) is 0.483. The zero-order chi connectivity index (χ0) is 8.10. The highest BCUT2D eigenvalue weighted by atomic mass is 16.1. The molecule has 0 radical (unpaired) electrons. The molecule has 0 saturated heterocycles. The fraction of sp³-hybridized carbons (Fsp3) is 0.667. The van der Waals surface area contributed by atoms with Crippen molar-refractivity contribution >= 4 is 5.91 Å². The molecule has 1 N–H and O–H groups in total. The van der Waals surface area contributed by atoms with Crippen LogP contribution in [-0.4, -0.2) is 11.9 Å². The Kier molecular flexibility index (Phi) is 2.97. The molecule has 1 rings (SSSR count). The van der Waals surface area contributed by atoms with Gasteiger partial charge in [0.15, 0.2) is 0 Å². The van der Waals surface area contributed by atoms with Gasteiger partial charge >= 0.3 is 0 Å². The summed E-state index contributed by atoms with van der Waals surface area (Å²) in [6.07, 6.45) is 3.56. The summed E-state index contributed by atoms with van der Waals surface area (Å²) >= 11 is 0. The van der Waals surface area contributed by atoms with Crippen molar-refractivity contribution in [2.75, 3.05) is 0 Å². The number of carbonyl (C=O) groups is 1. The molecule has 1 fully saturated rings. The zero-order valence-corrected chi connectivity index (χ0v) is 6.81. The lowest BCUT2D eigenvalue weighted by Gasteiger charge is -1.98. The van der Waals surface area contributed by atoms with Gasteiger partial charge in [0, 0.05) is 18.9 Å². The molecule has 0 heterocycles.